The van der Waals surface area contributed by atoms with E-state index >= 15 is 0 Å². The number of rotatable bonds is 4. The highest BCUT2D eigenvalue weighted by Crippen LogP contribution is 2.34. The monoisotopic (exact) mass is 254 g/mol. The van der Waals surface area contributed by atoms with Crippen molar-refractivity contribution >= 4 is 11.6 Å². The number of benzene rings is 1. The lowest BCUT2D eigenvalue weighted by Crippen LogP contribution is -1.98. The molecule has 0 radical (unpaired) electrons. The SMILES string of the molecule is Cc1cc(C(Cl)CCC2CCCC2)ccc1F. The van der Waals surface area contributed by atoms with Gasteiger partial charge in [-0.15, -0.1) is 11.6 Å². The molecule has 1 aromatic carbocycles. The molecule has 1 fully saturated rings. The lowest BCUT2D eigenvalue weighted by Gasteiger charge is -2.14. The van der Waals surface area contributed by atoms with Crippen molar-refractivity contribution in [2.45, 2.75) is 50.8 Å². The highest BCUT2D eigenvalue weighted by atomic mass is 35.5. The molecule has 0 spiro atoms. The second-order valence-electron chi connectivity index (χ2n) is 5.20. The summed E-state index contributed by atoms with van der Waals surface area (Å²) in [4.78, 5) is 0. The van der Waals surface area contributed by atoms with Crippen molar-refractivity contribution in [3.63, 3.8) is 0 Å². The van der Waals surface area contributed by atoms with Gasteiger partial charge < -0.3 is 0 Å². The van der Waals surface area contributed by atoms with E-state index < -0.39 is 0 Å². The van der Waals surface area contributed by atoms with Gasteiger partial charge in [-0.1, -0.05) is 37.8 Å². The molecule has 0 saturated heterocycles. The van der Waals surface area contributed by atoms with Crippen molar-refractivity contribution in [1.82, 2.24) is 0 Å². The molecule has 1 atom stereocenters. The van der Waals surface area contributed by atoms with Gasteiger partial charge in [0.05, 0.1) is 5.38 Å². The molecule has 1 saturated carbocycles. The minimum atomic E-state index is -0.145. The number of hydrogen-bond donors (Lipinski definition) is 0. The van der Waals surface area contributed by atoms with E-state index in [0.717, 1.165) is 17.9 Å². The van der Waals surface area contributed by atoms with E-state index in [0.29, 0.717) is 5.56 Å². The van der Waals surface area contributed by atoms with Crippen LogP contribution in [0.1, 0.15) is 55.0 Å². The normalized spacial score (nSPS) is 18.5. The maximum absolute atomic E-state index is 13.2. The Kier molecular flexibility index (Phi) is 4.44. The van der Waals surface area contributed by atoms with Crippen LogP contribution in [0.3, 0.4) is 0 Å². The molecule has 2 heteroatoms. The van der Waals surface area contributed by atoms with Crippen LogP contribution < -0.4 is 0 Å². The van der Waals surface area contributed by atoms with E-state index in [1.54, 1.807) is 6.92 Å². The highest BCUT2D eigenvalue weighted by molar-refractivity contribution is 6.20. The van der Waals surface area contributed by atoms with Crippen molar-refractivity contribution in [1.29, 1.82) is 0 Å². The largest absolute Gasteiger partial charge is 0.207 e. The van der Waals surface area contributed by atoms with Crippen molar-refractivity contribution in [3.8, 4) is 0 Å². The zero-order valence-electron chi connectivity index (χ0n) is 10.4. The molecule has 17 heavy (non-hydrogen) atoms. The maximum atomic E-state index is 13.2. The minimum absolute atomic E-state index is 0.0369. The Morgan fingerprint density at radius 1 is 1.35 bits per heavy atom. The number of aryl methyl sites for hydroxylation is 1. The Morgan fingerprint density at radius 2 is 2.06 bits per heavy atom. The van der Waals surface area contributed by atoms with Crippen LogP contribution in [0.15, 0.2) is 18.2 Å². The third kappa shape index (κ3) is 3.45. The van der Waals surface area contributed by atoms with Gasteiger partial charge in [0, 0.05) is 0 Å². The fourth-order valence-electron chi connectivity index (χ4n) is 2.71. The van der Waals surface area contributed by atoms with Crippen LogP contribution in [-0.2, 0) is 0 Å². The Labute approximate surface area is 108 Å². The lowest BCUT2D eigenvalue weighted by atomic mass is 9.97. The predicted molar refractivity (Wildman–Crippen MR) is 70.9 cm³/mol. The van der Waals surface area contributed by atoms with Crippen molar-refractivity contribution in [3.05, 3.63) is 35.1 Å². The van der Waals surface area contributed by atoms with E-state index in [2.05, 4.69) is 0 Å². The number of hydrogen-bond acceptors (Lipinski definition) is 0. The second kappa shape index (κ2) is 5.86. The first-order chi connectivity index (χ1) is 8.16. The molecular formula is C15H20ClF. The van der Waals surface area contributed by atoms with Crippen LogP contribution in [0.5, 0.6) is 0 Å². The van der Waals surface area contributed by atoms with E-state index in [-0.39, 0.29) is 11.2 Å². The first-order valence-corrected chi connectivity index (χ1v) is 7.00. The third-order valence-corrected chi connectivity index (χ3v) is 4.32. The zero-order chi connectivity index (χ0) is 12.3. The Bertz CT molecular complexity index is 369. The summed E-state index contributed by atoms with van der Waals surface area (Å²) in [5.41, 5.74) is 1.75. The lowest BCUT2D eigenvalue weighted by molar-refractivity contribution is 0.479. The van der Waals surface area contributed by atoms with Gasteiger partial charge in [0.1, 0.15) is 5.82 Å². The maximum Gasteiger partial charge on any atom is 0.126 e. The van der Waals surface area contributed by atoms with Crippen molar-refractivity contribution in [2.75, 3.05) is 0 Å². The summed E-state index contributed by atoms with van der Waals surface area (Å²) < 4.78 is 13.2. The summed E-state index contributed by atoms with van der Waals surface area (Å²) in [6, 6.07) is 5.21. The molecule has 0 aliphatic heterocycles. The van der Waals surface area contributed by atoms with Crippen LogP contribution >= 0.6 is 11.6 Å². The Hall–Kier alpha value is -0.560. The minimum Gasteiger partial charge on any atom is -0.207 e. The highest BCUT2D eigenvalue weighted by Gasteiger charge is 2.17. The van der Waals surface area contributed by atoms with Crippen LogP contribution in [0.25, 0.3) is 0 Å². The molecular weight excluding hydrogens is 235 g/mol. The van der Waals surface area contributed by atoms with E-state index in [1.807, 2.05) is 12.1 Å². The number of alkyl halides is 1. The van der Waals surface area contributed by atoms with Crippen molar-refractivity contribution < 1.29 is 4.39 Å². The van der Waals surface area contributed by atoms with E-state index in [1.165, 1.54) is 38.2 Å². The van der Waals surface area contributed by atoms with Crippen LogP contribution in [-0.4, -0.2) is 0 Å². The summed E-state index contributed by atoms with van der Waals surface area (Å²) in [6.45, 7) is 1.79. The Morgan fingerprint density at radius 3 is 2.71 bits per heavy atom. The first-order valence-electron chi connectivity index (χ1n) is 6.57. The smallest absolute Gasteiger partial charge is 0.126 e. The van der Waals surface area contributed by atoms with Gasteiger partial charge in [-0.25, -0.2) is 4.39 Å². The van der Waals surface area contributed by atoms with Crippen molar-refractivity contribution in [2.24, 2.45) is 5.92 Å². The van der Waals surface area contributed by atoms with Gasteiger partial charge in [0.2, 0.25) is 0 Å². The quantitative estimate of drug-likeness (QED) is 0.633. The molecule has 1 aliphatic rings. The average Bonchev–Trinajstić information content (AvgIpc) is 2.82. The topological polar surface area (TPSA) is 0 Å². The van der Waals surface area contributed by atoms with Gasteiger partial charge >= 0.3 is 0 Å². The van der Waals surface area contributed by atoms with Crippen LogP contribution in [0, 0.1) is 18.7 Å². The molecule has 0 amide bonds. The molecule has 0 N–H and O–H groups in total. The Balaban J connectivity index is 1.89. The first kappa shape index (κ1) is 12.9. The average molecular weight is 255 g/mol. The summed E-state index contributed by atoms with van der Waals surface area (Å²) in [5, 5.41) is 0.0369. The predicted octanol–water partition coefficient (Wildman–Crippen LogP) is 5.38. The van der Waals surface area contributed by atoms with Crippen LogP contribution in [0.4, 0.5) is 4.39 Å². The fourth-order valence-corrected chi connectivity index (χ4v) is 2.97. The standard InChI is InChI=1S/C15H20ClF/c1-11-10-13(7-9-15(11)17)14(16)8-6-12-4-2-3-5-12/h7,9-10,12,14H,2-6,8H2,1H3. The van der Waals surface area contributed by atoms with Gasteiger partial charge in [0.15, 0.2) is 0 Å². The number of halogens is 2. The molecule has 1 aliphatic carbocycles. The summed E-state index contributed by atoms with van der Waals surface area (Å²) in [5.74, 6) is 0.728. The van der Waals surface area contributed by atoms with E-state index in [4.69, 9.17) is 11.6 Å². The fraction of sp³-hybridized carbons (Fsp3) is 0.600. The van der Waals surface area contributed by atoms with Crippen LogP contribution in [0.2, 0.25) is 0 Å². The summed E-state index contributed by atoms with van der Waals surface area (Å²) in [6.07, 6.45) is 7.72. The van der Waals surface area contributed by atoms with Gasteiger partial charge in [-0.2, -0.15) is 0 Å². The summed E-state index contributed by atoms with van der Waals surface area (Å²) >= 11 is 6.39. The molecule has 0 nitrogen and oxygen atoms in total. The second-order valence-corrected chi connectivity index (χ2v) is 5.73. The molecule has 2 rings (SSSR count). The molecule has 94 valence electrons. The van der Waals surface area contributed by atoms with Gasteiger partial charge in [-0.3, -0.25) is 0 Å². The summed E-state index contributed by atoms with van der Waals surface area (Å²) in [7, 11) is 0. The third-order valence-electron chi connectivity index (χ3n) is 3.85. The molecule has 0 heterocycles. The molecule has 1 unspecified atom stereocenters. The molecule has 1 aromatic rings. The van der Waals surface area contributed by atoms with Gasteiger partial charge in [0.25, 0.3) is 0 Å². The molecule has 0 bridgehead atoms. The molecule has 0 aromatic heterocycles. The van der Waals surface area contributed by atoms with E-state index in [9.17, 15) is 4.39 Å². The zero-order valence-corrected chi connectivity index (χ0v) is 11.1. The van der Waals surface area contributed by atoms with Gasteiger partial charge in [-0.05, 0) is 42.9 Å².